The van der Waals surface area contributed by atoms with E-state index in [9.17, 15) is 38.4 Å². The van der Waals surface area contributed by atoms with Crippen LogP contribution in [0.5, 0.6) is 0 Å². The number of rotatable bonds is 23. The minimum absolute atomic E-state index is 0.0359. The highest BCUT2D eigenvalue weighted by molar-refractivity contribution is 5.78. The number of hydrogen-bond donors (Lipinski definition) is 0. The summed E-state index contributed by atoms with van der Waals surface area (Å²) in [6.45, 7) is 15.9. The van der Waals surface area contributed by atoms with E-state index < -0.39 is 5.97 Å². The molecule has 9 rings (SSSR count). The molecule has 9 fully saturated rings. The lowest BCUT2D eigenvalue weighted by atomic mass is 9.49. The molecular weight excluding hydrogens is 989 g/mol. The first-order valence-corrected chi connectivity index (χ1v) is 30.2. The van der Waals surface area contributed by atoms with Crippen molar-refractivity contribution in [1.82, 2.24) is 0 Å². The first kappa shape index (κ1) is 63.6. The van der Waals surface area contributed by atoms with Crippen LogP contribution in [0.4, 0.5) is 0 Å². The molecule has 10 atom stereocenters. The van der Waals surface area contributed by atoms with Gasteiger partial charge in [-0.3, -0.25) is 33.6 Å². The second kappa shape index (κ2) is 32.1. The summed E-state index contributed by atoms with van der Waals surface area (Å²) in [7, 11) is 0. The second-order valence-electron chi connectivity index (χ2n) is 24.3. The highest BCUT2D eigenvalue weighted by Gasteiger charge is 2.55. The molecule has 9 saturated carbocycles. The molecule has 16 nitrogen and oxygen atoms in total. The van der Waals surface area contributed by atoms with E-state index in [1.54, 1.807) is 6.92 Å². The molecule has 10 unspecified atom stereocenters. The zero-order valence-corrected chi connectivity index (χ0v) is 48.3. The number of ether oxygens (including phenoxy) is 8. The fraction of sp³-hybridized carbons (Fsp3) is 0.869. The van der Waals surface area contributed by atoms with Gasteiger partial charge in [0.15, 0.2) is 6.61 Å². The van der Waals surface area contributed by atoms with Gasteiger partial charge in [0.2, 0.25) is 0 Å². The third kappa shape index (κ3) is 19.8. The van der Waals surface area contributed by atoms with Gasteiger partial charge in [-0.15, -0.1) is 0 Å². The van der Waals surface area contributed by atoms with Crippen molar-refractivity contribution in [3.05, 3.63) is 0 Å². The molecule has 438 valence electrons. The van der Waals surface area contributed by atoms with Crippen molar-refractivity contribution in [3.8, 4) is 0 Å². The predicted octanol–water partition coefficient (Wildman–Crippen LogP) is 10.9. The lowest BCUT2D eigenvalue weighted by molar-refractivity contribution is -0.174. The first-order valence-electron chi connectivity index (χ1n) is 30.2. The predicted molar refractivity (Wildman–Crippen MR) is 286 cm³/mol. The molecule has 9 aliphatic rings. The largest absolute Gasteiger partial charge is 0.462 e. The standard InChI is InChI=1S/C18H28O4.C15H24O4.C14H22O4.C14H24O4/c1-3-12(2)16(19)21-4-5-22-17(20)18-9-13-6-14(10-18)8-15(7-13)11-18;1-3-10(2)14(16)18-6-7-19-15(17)13-9-11-4-5-12(13)8-11;1-3-9(2)14(16)17-8-13(15)18-12-7-10-4-5-11(12)6-10;1-3-11(2)13(15)17-9-10-18-14(16)12-7-5-4-6-8-12/h12-15H,3-11H2,1-2H3;10-13H,3-9H2,1-2H3;9-12H,3-8H2,1-2H3;11-12H,3-10H2,1-2H3. The molecule has 16 heteroatoms. The molecule has 0 aromatic rings. The molecule has 0 N–H and O–H groups in total. The van der Waals surface area contributed by atoms with E-state index in [1.165, 1.54) is 64.2 Å². The summed E-state index contributed by atoms with van der Waals surface area (Å²) in [5.74, 6) is 2.95. The second-order valence-corrected chi connectivity index (χ2v) is 24.3. The number of hydrogen-bond acceptors (Lipinski definition) is 16. The SMILES string of the molecule is CCC(C)C(=O)OCC(=O)OC1CC2CCC1C2.CCC(C)C(=O)OCCOC(=O)C12CC3CC(CC(C3)C1)C2.CCC(C)C(=O)OCCOC(=O)C1CC2CCC1C2.CCC(C)C(=O)OCCOC(=O)C1CCCCC1. The molecule has 0 aromatic heterocycles. The molecular formula is C61H98O16. The molecule has 0 saturated heterocycles. The maximum atomic E-state index is 12.6. The van der Waals surface area contributed by atoms with Gasteiger partial charge in [-0.05, 0) is 163 Å². The van der Waals surface area contributed by atoms with E-state index in [0.29, 0.717) is 11.8 Å². The van der Waals surface area contributed by atoms with Crippen LogP contribution in [-0.2, 0) is 76.3 Å². The molecule has 0 heterocycles. The van der Waals surface area contributed by atoms with E-state index in [0.717, 1.165) is 113 Å². The maximum absolute atomic E-state index is 12.6. The summed E-state index contributed by atoms with van der Waals surface area (Å²) in [4.78, 5) is 93.5. The average molecular weight is 1090 g/mol. The van der Waals surface area contributed by atoms with Gasteiger partial charge in [0.1, 0.15) is 45.7 Å². The van der Waals surface area contributed by atoms with Gasteiger partial charge in [-0.1, -0.05) is 81.1 Å². The smallest absolute Gasteiger partial charge is 0.344 e. The van der Waals surface area contributed by atoms with Crippen molar-refractivity contribution in [2.45, 2.75) is 209 Å². The van der Waals surface area contributed by atoms with E-state index in [2.05, 4.69) is 0 Å². The first-order chi connectivity index (χ1) is 36.9. The maximum Gasteiger partial charge on any atom is 0.344 e. The Balaban J connectivity index is 0.000000190. The van der Waals surface area contributed by atoms with E-state index in [4.69, 9.17) is 37.9 Å². The summed E-state index contributed by atoms with van der Waals surface area (Å²) in [5.41, 5.74) is -0.213. The van der Waals surface area contributed by atoms with Crippen molar-refractivity contribution in [2.24, 2.45) is 82.3 Å². The molecule has 9 aliphatic carbocycles. The number of carbonyl (C=O) groups excluding carboxylic acids is 8. The van der Waals surface area contributed by atoms with Crippen LogP contribution < -0.4 is 0 Å². The Hall–Kier alpha value is -4.24. The van der Waals surface area contributed by atoms with Gasteiger partial charge in [0.05, 0.1) is 40.9 Å². The normalized spacial score (nSPS) is 29.5. The zero-order valence-electron chi connectivity index (χ0n) is 48.3. The van der Waals surface area contributed by atoms with Crippen molar-refractivity contribution in [2.75, 3.05) is 46.2 Å². The van der Waals surface area contributed by atoms with E-state index >= 15 is 0 Å². The van der Waals surface area contributed by atoms with Crippen LogP contribution >= 0.6 is 0 Å². The van der Waals surface area contributed by atoms with Crippen LogP contribution in [-0.4, -0.2) is 100 Å². The molecule has 0 aromatic carbocycles. The molecule has 8 bridgehead atoms. The third-order valence-corrected chi connectivity index (χ3v) is 18.5. The number of carbonyl (C=O) groups is 8. The van der Waals surface area contributed by atoms with Crippen LogP contribution in [0.3, 0.4) is 0 Å². The lowest BCUT2D eigenvalue weighted by Gasteiger charge is -2.55. The fourth-order valence-electron chi connectivity index (χ4n) is 13.4. The van der Waals surface area contributed by atoms with Crippen LogP contribution in [0, 0.1) is 82.3 Å². The van der Waals surface area contributed by atoms with Gasteiger partial charge in [0.25, 0.3) is 0 Å². The molecule has 0 spiro atoms. The van der Waals surface area contributed by atoms with Crippen molar-refractivity contribution >= 4 is 47.8 Å². The monoisotopic (exact) mass is 1090 g/mol. The van der Waals surface area contributed by atoms with Gasteiger partial charge in [-0.25, -0.2) is 4.79 Å². The van der Waals surface area contributed by atoms with Gasteiger partial charge in [0, 0.05) is 0 Å². The average Bonchev–Trinajstić information content (AvgIpc) is 4.30. The van der Waals surface area contributed by atoms with Crippen molar-refractivity contribution < 1.29 is 76.3 Å². The summed E-state index contributed by atoms with van der Waals surface area (Å²) in [6, 6.07) is 0. The Kier molecular flexibility index (Phi) is 26.5. The highest BCUT2D eigenvalue weighted by atomic mass is 16.6. The Morgan fingerprint density at radius 3 is 1.25 bits per heavy atom. The third-order valence-electron chi connectivity index (χ3n) is 18.5. The van der Waals surface area contributed by atoms with Crippen molar-refractivity contribution in [3.63, 3.8) is 0 Å². The number of esters is 8. The quantitative estimate of drug-likeness (QED) is 0.0529. The Morgan fingerprint density at radius 1 is 0.416 bits per heavy atom. The minimum Gasteiger partial charge on any atom is -0.462 e. The fourth-order valence-corrected chi connectivity index (χ4v) is 13.4. The highest BCUT2D eigenvalue weighted by Crippen LogP contribution is 2.60. The van der Waals surface area contributed by atoms with E-state index in [1.807, 2.05) is 48.5 Å². The van der Waals surface area contributed by atoms with Crippen LogP contribution in [0.2, 0.25) is 0 Å². The van der Waals surface area contributed by atoms with Gasteiger partial charge >= 0.3 is 47.8 Å². The Bertz CT molecular complexity index is 1870. The number of fused-ring (bicyclic) bond motifs is 4. The summed E-state index contributed by atoms with van der Waals surface area (Å²) >= 11 is 0. The topological polar surface area (TPSA) is 210 Å². The zero-order chi connectivity index (χ0) is 56.1. The minimum atomic E-state index is -0.399. The van der Waals surface area contributed by atoms with E-state index in [-0.39, 0.29) is 135 Å². The Labute approximate surface area is 460 Å². The van der Waals surface area contributed by atoms with Crippen LogP contribution in [0.15, 0.2) is 0 Å². The molecule has 0 aliphatic heterocycles. The van der Waals surface area contributed by atoms with Crippen LogP contribution in [0.1, 0.15) is 203 Å². The summed E-state index contributed by atoms with van der Waals surface area (Å²) in [5, 5.41) is 0. The van der Waals surface area contributed by atoms with Crippen LogP contribution in [0.25, 0.3) is 0 Å². The van der Waals surface area contributed by atoms with Gasteiger partial charge in [-0.2, -0.15) is 0 Å². The molecule has 77 heavy (non-hydrogen) atoms. The molecule has 0 amide bonds. The lowest BCUT2D eigenvalue weighted by Crippen LogP contribution is -2.50. The Morgan fingerprint density at radius 2 is 0.831 bits per heavy atom. The van der Waals surface area contributed by atoms with Crippen molar-refractivity contribution in [1.29, 1.82) is 0 Å². The summed E-state index contributed by atoms with van der Waals surface area (Å²) in [6.07, 6.45) is 24.7. The molecule has 0 radical (unpaired) electrons. The van der Waals surface area contributed by atoms with Gasteiger partial charge < -0.3 is 37.9 Å². The summed E-state index contributed by atoms with van der Waals surface area (Å²) < 4.78 is 41.4.